The van der Waals surface area contributed by atoms with E-state index in [1.807, 2.05) is 0 Å². The summed E-state index contributed by atoms with van der Waals surface area (Å²) < 4.78 is 44.3. The lowest BCUT2D eigenvalue weighted by molar-refractivity contribution is -0.145. The van der Waals surface area contributed by atoms with Crippen LogP contribution in [-0.4, -0.2) is 42.1 Å². The molecule has 1 fully saturated rings. The summed E-state index contributed by atoms with van der Waals surface area (Å²) in [5, 5.41) is 8.94. The number of hydrogen-bond donors (Lipinski definition) is 1. The topological polar surface area (TPSA) is 66.8 Å². The smallest absolute Gasteiger partial charge is 0.416 e. The summed E-state index contributed by atoms with van der Waals surface area (Å²) in [6, 6.07) is 3.69. The van der Waals surface area contributed by atoms with Gasteiger partial charge in [-0.05, 0) is 37.0 Å². The summed E-state index contributed by atoms with van der Waals surface area (Å²) in [5.41, 5.74) is -0.758. The van der Waals surface area contributed by atoms with Crippen molar-refractivity contribution in [1.29, 1.82) is 0 Å². The van der Waals surface area contributed by atoms with Crippen LogP contribution in [0.4, 0.5) is 13.2 Å². The molecule has 8 heteroatoms. The summed E-state index contributed by atoms with van der Waals surface area (Å²) in [6.07, 6.45) is -3.86. The van der Waals surface area contributed by atoms with Crippen LogP contribution in [0.3, 0.4) is 0 Å². The lowest BCUT2D eigenvalue weighted by Crippen LogP contribution is -2.40. The normalized spacial score (nSPS) is 15.9. The molecule has 0 radical (unpaired) electrons. The van der Waals surface area contributed by atoms with E-state index < -0.39 is 23.6 Å². The molecule has 1 N–H and O–H groups in total. The van der Waals surface area contributed by atoms with Gasteiger partial charge in [0.15, 0.2) is 0 Å². The molecule has 1 aliphatic heterocycles. The van der Waals surface area contributed by atoms with Crippen LogP contribution < -0.4 is 4.74 Å². The Morgan fingerprint density at radius 3 is 2.44 bits per heavy atom. The number of carboxylic acid groups (broad SMARTS) is 1. The van der Waals surface area contributed by atoms with Gasteiger partial charge < -0.3 is 14.7 Å². The van der Waals surface area contributed by atoms with Crippen LogP contribution in [0.25, 0.3) is 0 Å². The molecule has 0 saturated carbocycles. The highest BCUT2D eigenvalue weighted by Gasteiger charge is 2.34. The highest BCUT2D eigenvalue weighted by molar-refractivity contribution is 5.77. The van der Waals surface area contributed by atoms with Crippen molar-refractivity contribution < 1.29 is 32.6 Å². The minimum Gasteiger partial charge on any atom is -0.497 e. The van der Waals surface area contributed by atoms with E-state index in [0.29, 0.717) is 25.9 Å². The van der Waals surface area contributed by atoms with Crippen molar-refractivity contribution in [3.8, 4) is 5.75 Å². The third-order valence-electron chi connectivity index (χ3n) is 4.43. The van der Waals surface area contributed by atoms with Gasteiger partial charge in [-0.1, -0.05) is 6.07 Å². The minimum absolute atomic E-state index is 0.0312. The number of alkyl halides is 3. The Balaban J connectivity index is 1.99. The molecule has 1 aliphatic rings. The molecule has 1 aromatic carbocycles. The molecule has 138 valence electrons. The van der Waals surface area contributed by atoms with Gasteiger partial charge in [0.25, 0.3) is 0 Å². The first-order chi connectivity index (χ1) is 11.7. The predicted octanol–water partition coefficient (Wildman–Crippen LogP) is 2.97. The zero-order valence-electron chi connectivity index (χ0n) is 13.8. The van der Waals surface area contributed by atoms with Crippen LogP contribution >= 0.6 is 0 Å². The van der Waals surface area contributed by atoms with Crippen molar-refractivity contribution in [1.82, 2.24) is 4.90 Å². The monoisotopic (exact) mass is 359 g/mol. The van der Waals surface area contributed by atoms with Gasteiger partial charge in [0.1, 0.15) is 5.75 Å². The molecule has 1 saturated heterocycles. The number of carbonyl (C=O) groups excluding carboxylic acids is 1. The summed E-state index contributed by atoms with van der Waals surface area (Å²) in [4.78, 5) is 24.6. The van der Waals surface area contributed by atoms with Crippen LogP contribution in [0.2, 0.25) is 0 Å². The van der Waals surface area contributed by atoms with Gasteiger partial charge in [0.05, 0.1) is 18.6 Å². The second-order valence-corrected chi connectivity index (χ2v) is 6.01. The molecule has 1 amide bonds. The SMILES string of the molecule is COc1ccc(CCC(=O)N2CCC(C(=O)O)CC2)c(C(F)(F)F)c1. The second kappa shape index (κ2) is 7.76. The molecule has 0 unspecified atom stereocenters. The van der Waals surface area contributed by atoms with Crippen molar-refractivity contribution in [2.24, 2.45) is 5.92 Å². The molecule has 0 spiro atoms. The Morgan fingerprint density at radius 1 is 1.28 bits per heavy atom. The number of rotatable bonds is 5. The first-order valence-electron chi connectivity index (χ1n) is 7.97. The first kappa shape index (κ1) is 19.1. The fraction of sp³-hybridized carbons (Fsp3) is 0.529. The minimum atomic E-state index is -4.52. The Kier molecular flexibility index (Phi) is 5.92. The van der Waals surface area contributed by atoms with E-state index >= 15 is 0 Å². The molecule has 0 aliphatic carbocycles. The number of ether oxygens (including phenoxy) is 1. The van der Waals surface area contributed by atoms with Gasteiger partial charge in [-0.15, -0.1) is 0 Å². The largest absolute Gasteiger partial charge is 0.497 e. The van der Waals surface area contributed by atoms with Gasteiger partial charge in [0.2, 0.25) is 5.91 Å². The Morgan fingerprint density at radius 2 is 1.92 bits per heavy atom. The summed E-state index contributed by atoms with van der Waals surface area (Å²) in [6.45, 7) is 0.648. The van der Waals surface area contributed by atoms with Gasteiger partial charge in [-0.2, -0.15) is 13.2 Å². The summed E-state index contributed by atoms with van der Waals surface area (Å²) in [7, 11) is 1.29. The van der Waals surface area contributed by atoms with Gasteiger partial charge in [0, 0.05) is 19.5 Å². The van der Waals surface area contributed by atoms with Crippen molar-refractivity contribution in [2.75, 3.05) is 20.2 Å². The van der Waals surface area contributed by atoms with Crippen molar-refractivity contribution in [2.45, 2.75) is 31.9 Å². The number of hydrogen-bond acceptors (Lipinski definition) is 3. The number of methoxy groups -OCH3 is 1. The molecular weight excluding hydrogens is 339 g/mol. The molecular formula is C17H20F3NO4. The molecule has 25 heavy (non-hydrogen) atoms. The highest BCUT2D eigenvalue weighted by Crippen LogP contribution is 2.35. The highest BCUT2D eigenvalue weighted by atomic mass is 19.4. The van der Waals surface area contributed by atoms with Gasteiger partial charge in [-0.3, -0.25) is 9.59 Å². The van der Waals surface area contributed by atoms with Crippen molar-refractivity contribution in [3.05, 3.63) is 29.3 Å². The number of carbonyl (C=O) groups is 2. The van der Waals surface area contributed by atoms with E-state index in [4.69, 9.17) is 9.84 Å². The van der Waals surface area contributed by atoms with E-state index in [1.165, 1.54) is 24.1 Å². The van der Waals surface area contributed by atoms with Crippen molar-refractivity contribution >= 4 is 11.9 Å². The third-order valence-corrected chi connectivity index (χ3v) is 4.43. The standard InChI is InChI=1S/C17H20F3NO4/c1-25-13-4-2-11(14(10-13)17(18,19)20)3-5-15(22)21-8-6-12(7-9-21)16(23)24/h2,4,10,12H,3,5-9H2,1H3,(H,23,24). The van der Waals surface area contributed by atoms with Crippen LogP contribution in [0.1, 0.15) is 30.4 Å². The van der Waals surface area contributed by atoms with Crippen LogP contribution in [0.15, 0.2) is 18.2 Å². The molecule has 1 aromatic rings. The van der Waals surface area contributed by atoms with Crippen LogP contribution in [0.5, 0.6) is 5.75 Å². The van der Waals surface area contributed by atoms with E-state index in [0.717, 1.165) is 6.07 Å². The molecule has 0 atom stereocenters. The average Bonchev–Trinajstić information content (AvgIpc) is 2.58. The Bertz CT molecular complexity index is 637. The zero-order valence-corrected chi connectivity index (χ0v) is 13.8. The molecule has 1 heterocycles. The third kappa shape index (κ3) is 4.87. The maximum Gasteiger partial charge on any atom is 0.416 e. The van der Waals surface area contributed by atoms with E-state index in [2.05, 4.69) is 0 Å². The number of piperidine rings is 1. The zero-order chi connectivity index (χ0) is 18.6. The first-order valence-corrected chi connectivity index (χ1v) is 7.97. The van der Waals surface area contributed by atoms with E-state index in [1.54, 1.807) is 0 Å². The number of benzene rings is 1. The van der Waals surface area contributed by atoms with Crippen LogP contribution in [0, 0.1) is 5.92 Å². The molecule has 5 nitrogen and oxygen atoms in total. The number of likely N-dealkylation sites (tertiary alicyclic amines) is 1. The number of aryl methyl sites for hydroxylation is 1. The summed E-state index contributed by atoms with van der Waals surface area (Å²) in [5.74, 6) is -1.48. The number of aliphatic carboxylic acids is 1. The quantitative estimate of drug-likeness (QED) is 0.878. The lowest BCUT2D eigenvalue weighted by atomic mass is 9.96. The fourth-order valence-electron chi connectivity index (χ4n) is 2.94. The van der Waals surface area contributed by atoms with Crippen molar-refractivity contribution in [3.63, 3.8) is 0 Å². The van der Waals surface area contributed by atoms with Gasteiger partial charge >= 0.3 is 12.1 Å². The van der Waals surface area contributed by atoms with E-state index in [9.17, 15) is 22.8 Å². The number of amides is 1. The summed E-state index contributed by atoms with van der Waals surface area (Å²) >= 11 is 0. The predicted molar refractivity (Wildman–Crippen MR) is 83.3 cm³/mol. The number of nitrogens with zero attached hydrogens (tertiary/aromatic N) is 1. The van der Waals surface area contributed by atoms with Crippen LogP contribution in [-0.2, 0) is 22.2 Å². The number of halogens is 3. The molecule has 0 aromatic heterocycles. The lowest BCUT2D eigenvalue weighted by Gasteiger charge is -2.30. The average molecular weight is 359 g/mol. The Hall–Kier alpha value is -2.25. The maximum atomic E-state index is 13.2. The van der Waals surface area contributed by atoms with Gasteiger partial charge in [-0.25, -0.2) is 0 Å². The molecule has 2 rings (SSSR count). The second-order valence-electron chi connectivity index (χ2n) is 6.01. The Labute approximate surface area is 143 Å². The maximum absolute atomic E-state index is 13.2. The number of carboxylic acids is 1. The fourth-order valence-corrected chi connectivity index (χ4v) is 2.94. The van der Waals surface area contributed by atoms with E-state index in [-0.39, 0.29) is 30.1 Å². The molecule has 0 bridgehead atoms.